The molecule has 1 aromatic carbocycles. The Labute approximate surface area is 95.3 Å². The lowest BCUT2D eigenvalue weighted by molar-refractivity contribution is 0.622. The van der Waals surface area contributed by atoms with Crippen molar-refractivity contribution < 1.29 is 4.39 Å². The molecular formula is C12H16FN3. The fourth-order valence-electron chi connectivity index (χ4n) is 1.58. The molecule has 86 valence electrons. The van der Waals surface area contributed by atoms with E-state index in [0.717, 1.165) is 11.3 Å². The highest BCUT2D eigenvalue weighted by Gasteiger charge is 2.11. The summed E-state index contributed by atoms with van der Waals surface area (Å²) in [6, 6.07) is 6.41. The van der Waals surface area contributed by atoms with Gasteiger partial charge in [0, 0.05) is 25.3 Å². The summed E-state index contributed by atoms with van der Waals surface area (Å²) >= 11 is 0. The molecule has 0 aliphatic carbocycles. The van der Waals surface area contributed by atoms with E-state index in [2.05, 4.69) is 6.07 Å². The Kier molecular flexibility index (Phi) is 4.27. The van der Waals surface area contributed by atoms with Crippen LogP contribution in [0.2, 0.25) is 0 Å². The van der Waals surface area contributed by atoms with Gasteiger partial charge in [0.15, 0.2) is 0 Å². The zero-order valence-electron chi connectivity index (χ0n) is 9.57. The van der Waals surface area contributed by atoms with E-state index in [9.17, 15) is 4.39 Å². The van der Waals surface area contributed by atoms with Crippen molar-refractivity contribution in [3.63, 3.8) is 0 Å². The average Bonchev–Trinajstić information content (AvgIpc) is 2.25. The Bertz CT molecular complexity index is 396. The summed E-state index contributed by atoms with van der Waals surface area (Å²) in [4.78, 5) is 1.92. The molecule has 1 aromatic rings. The summed E-state index contributed by atoms with van der Waals surface area (Å²) in [5, 5.41) is 8.52. The van der Waals surface area contributed by atoms with Gasteiger partial charge in [0.1, 0.15) is 5.82 Å². The van der Waals surface area contributed by atoms with Crippen LogP contribution < -0.4 is 10.6 Å². The number of nitrogens with zero attached hydrogens (tertiary/aromatic N) is 2. The van der Waals surface area contributed by atoms with E-state index in [1.807, 2.05) is 18.9 Å². The Morgan fingerprint density at radius 2 is 2.25 bits per heavy atom. The maximum absolute atomic E-state index is 13.1. The van der Waals surface area contributed by atoms with E-state index in [1.54, 1.807) is 6.07 Å². The molecule has 1 atom stereocenters. The van der Waals surface area contributed by atoms with Gasteiger partial charge in [-0.25, -0.2) is 4.39 Å². The van der Waals surface area contributed by atoms with Crippen LogP contribution in [0.15, 0.2) is 18.2 Å². The number of benzene rings is 1. The van der Waals surface area contributed by atoms with Crippen LogP contribution in [0, 0.1) is 17.1 Å². The largest absolute Gasteiger partial charge is 0.373 e. The molecule has 0 bridgehead atoms. The first kappa shape index (κ1) is 12.5. The molecule has 4 heteroatoms. The summed E-state index contributed by atoms with van der Waals surface area (Å²) < 4.78 is 13.1. The van der Waals surface area contributed by atoms with Crippen molar-refractivity contribution >= 4 is 5.69 Å². The van der Waals surface area contributed by atoms with Crippen LogP contribution in [0.4, 0.5) is 10.1 Å². The monoisotopic (exact) mass is 221 g/mol. The number of anilines is 1. The molecule has 0 spiro atoms. The summed E-state index contributed by atoms with van der Waals surface area (Å²) in [7, 11) is 1.87. The number of hydrogen-bond acceptors (Lipinski definition) is 3. The lowest BCUT2D eigenvalue weighted by Crippen LogP contribution is -2.21. The highest BCUT2D eigenvalue weighted by molar-refractivity contribution is 5.54. The van der Waals surface area contributed by atoms with E-state index in [1.165, 1.54) is 12.1 Å². The van der Waals surface area contributed by atoms with Crippen LogP contribution in [0.5, 0.6) is 0 Å². The molecule has 0 aliphatic heterocycles. The third kappa shape index (κ3) is 2.94. The van der Waals surface area contributed by atoms with Gasteiger partial charge in [-0.05, 0) is 30.7 Å². The molecule has 0 fully saturated rings. The Hall–Kier alpha value is -1.60. The second kappa shape index (κ2) is 5.47. The van der Waals surface area contributed by atoms with E-state index < -0.39 is 0 Å². The number of halogens is 1. The Morgan fingerprint density at radius 1 is 1.56 bits per heavy atom. The second-order valence-electron chi connectivity index (χ2n) is 3.82. The fraction of sp³-hybridized carbons (Fsp3) is 0.417. The predicted octanol–water partition coefficient (Wildman–Crippen LogP) is 2.20. The van der Waals surface area contributed by atoms with Crippen molar-refractivity contribution in [2.45, 2.75) is 19.4 Å². The molecule has 0 radical (unpaired) electrons. The van der Waals surface area contributed by atoms with Crippen molar-refractivity contribution in [3.8, 4) is 6.07 Å². The molecule has 1 rings (SSSR count). The maximum Gasteiger partial charge on any atom is 0.123 e. The van der Waals surface area contributed by atoms with Gasteiger partial charge in [-0.2, -0.15) is 5.26 Å². The smallest absolute Gasteiger partial charge is 0.123 e. The average molecular weight is 221 g/mol. The molecule has 3 nitrogen and oxygen atoms in total. The molecule has 0 aliphatic rings. The van der Waals surface area contributed by atoms with Crippen LogP contribution in [0.3, 0.4) is 0 Å². The third-order valence-electron chi connectivity index (χ3n) is 2.45. The van der Waals surface area contributed by atoms with Crippen molar-refractivity contribution in [2.75, 3.05) is 18.5 Å². The molecule has 16 heavy (non-hydrogen) atoms. The predicted molar refractivity (Wildman–Crippen MR) is 62.5 cm³/mol. The minimum atomic E-state index is -0.287. The van der Waals surface area contributed by atoms with Gasteiger partial charge in [0.05, 0.1) is 12.5 Å². The summed E-state index contributed by atoms with van der Waals surface area (Å²) in [6.07, 6.45) is 0.437. The number of nitrogens with two attached hydrogens (primary N) is 1. The molecule has 0 heterocycles. The molecule has 0 saturated heterocycles. The fourth-order valence-corrected chi connectivity index (χ4v) is 1.58. The van der Waals surface area contributed by atoms with Gasteiger partial charge in [0.25, 0.3) is 0 Å². The van der Waals surface area contributed by atoms with E-state index in [0.29, 0.717) is 13.0 Å². The van der Waals surface area contributed by atoms with E-state index >= 15 is 0 Å². The van der Waals surface area contributed by atoms with E-state index in [4.69, 9.17) is 11.0 Å². The SMILES string of the molecule is C[C@H](N)c1cc(F)ccc1N(C)CCC#N. The lowest BCUT2D eigenvalue weighted by Gasteiger charge is -2.23. The lowest BCUT2D eigenvalue weighted by atomic mass is 10.1. The van der Waals surface area contributed by atoms with Crippen molar-refractivity contribution in [1.29, 1.82) is 5.26 Å². The molecule has 2 N–H and O–H groups in total. The summed E-state index contributed by atoms with van der Waals surface area (Å²) in [6.45, 7) is 2.43. The first-order valence-electron chi connectivity index (χ1n) is 5.19. The van der Waals surface area contributed by atoms with E-state index in [-0.39, 0.29) is 11.9 Å². The normalized spacial score (nSPS) is 11.9. The number of nitriles is 1. The van der Waals surface area contributed by atoms with Gasteiger partial charge >= 0.3 is 0 Å². The minimum Gasteiger partial charge on any atom is -0.373 e. The molecule has 0 aromatic heterocycles. The van der Waals surface area contributed by atoms with Crippen LogP contribution in [0.25, 0.3) is 0 Å². The van der Waals surface area contributed by atoms with Crippen LogP contribution in [-0.4, -0.2) is 13.6 Å². The zero-order valence-corrected chi connectivity index (χ0v) is 9.57. The molecule has 0 unspecified atom stereocenters. The van der Waals surface area contributed by atoms with Gasteiger partial charge in [-0.1, -0.05) is 0 Å². The molecular weight excluding hydrogens is 205 g/mol. The van der Waals surface area contributed by atoms with Gasteiger partial charge in [-0.15, -0.1) is 0 Å². The number of hydrogen-bond donors (Lipinski definition) is 1. The summed E-state index contributed by atoms with van der Waals surface area (Å²) in [5.41, 5.74) is 7.44. The minimum absolute atomic E-state index is 0.227. The van der Waals surface area contributed by atoms with Crippen molar-refractivity contribution in [1.82, 2.24) is 0 Å². The zero-order chi connectivity index (χ0) is 12.1. The van der Waals surface area contributed by atoms with Crippen LogP contribution in [0.1, 0.15) is 24.9 Å². The first-order chi connectivity index (χ1) is 7.56. The van der Waals surface area contributed by atoms with Gasteiger partial charge in [-0.3, -0.25) is 0 Å². The van der Waals surface area contributed by atoms with Gasteiger partial charge < -0.3 is 10.6 Å². The first-order valence-corrected chi connectivity index (χ1v) is 5.19. The standard InChI is InChI=1S/C12H16FN3/c1-9(15)11-8-10(13)4-5-12(11)16(2)7-3-6-14/h4-5,8-9H,3,7,15H2,1-2H3/t9-/m0/s1. The molecule has 0 amide bonds. The van der Waals surface area contributed by atoms with Gasteiger partial charge in [0.2, 0.25) is 0 Å². The summed E-state index contributed by atoms with van der Waals surface area (Å²) in [5.74, 6) is -0.287. The maximum atomic E-state index is 13.1. The Balaban J connectivity index is 2.98. The van der Waals surface area contributed by atoms with Crippen molar-refractivity contribution in [2.24, 2.45) is 5.73 Å². The molecule has 0 saturated carbocycles. The highest BCUT2D eigenvalue weighted by Crippen LogP contribution is 2.25. The topological polar surface area (TPSA) is 53.0 Å². The number of rotatable bonds is 4. The highest BCUT2D eigenvalue weighted by atomic mass is 19.1. The Morgan fingerprint density at radius 3 is 2.81 bits per heavy atom. The third-order valence-corrected chi connectivity index (χ3v) is 2.45. The van der Waals surface area contributed by atoms with Crippen LogP contribution >= 0.6 is 0 Å². The second-order valence-corrected chi connectivity index (χ2v) is 3.82. The quantitative estimate of drug-likeness (QED) is 0.848. The van der Waals surface area contributed by atoms with Crippen LogP contribution in [-0.2, 0) is 0 Å². The van der Waals surface area contributed by atoms with Crippen molar-refractivity contribution in [3.05, 3.63) is 29.6 Å².